The molecule has 3 rings (SSSR count). The third-order valence-corrected chi connectivity index (χ3v) is 7.36. The molecular weight excluding hydrogens is 378 g/mol. The summed E-state index contributed by atoms with van der Waals surface area (Å²) in [5.74, 6) is 0. The maximum absolute atomic E-state index is 12.7. The number of hydrogen-bond donors (Lipinski definition) is 1. The van der Waals surface area contributed by atoms with Gasteiger partial charge in [-0.1, -0.05) is 18.6 Å². The zero-order valence-corrected chi connectivity index (χ0v) is 17.4. The zero-order valence-electron chi connectivity index (χ0n) is 16.6. The summed E-state index contributed by atoms with van der Waals surface area (Å²) in [5.41, 5.74) is 0.884. The van der Waals surface area contributed by atoms with Crippen LogP contribution < -0.4 is 5.32 Å². The average Bonchev–Trinajstić information content (AvgIpc) is 2.74. The molecule has 2 heterocycles. The molecule has 0 bridgehead atoms. The molecular formula is C20H31N3O4S. The first-order valence-electron chi connectivity index (χ1n) is 10.2. The van der Waals surface area contributed by atoms with E-state index in [1.807, 2.05) is 11.8 Å². The van der Waals surface area contributed by atoms with Crippen LogP contribution in [-0.4, -0.2) is 62.5 Å². The Morgan fingerprint density at radius 1 is 1.07 bits per heavy atom. The van der Waals surface area contributed by atoms with Crippen molar-refractivity contribution in [2.45, 2.75) is 56.6 Å². The van der Waals surface area contributed by atoms with Gasteiger partial charge in [-0.25, -0.2) is 13.2 Å². The number of urea groups is 1. The number of likely N-dealkylation sites (tertiary alicyclic amines) is 1. The second-order valence-electron chi connectivity index (χ2n) is 7.41. The Labute approximate surface area is 168 Å². The van der Waals surface area contributed by atoms with Gasteiger partial charge in [0.05, 0.1) is 11.0 Å². The second kappa shape index (κ2) is 9.71. The van der Waals surface area contributed by atoms with Crippen molar-refractivity contribution in [2.75, 3.05) is 32.8 Å². The molecule has 0 atom stereocenters. The number of nitrogens with zero attached hydrogens (tertiary/aromatic N) is 2. The highest BCUT2D eigenvalue weighted by atomic mass is 32.2. The summed E-state index contributed by atoms with van der Waals surface area (Å²) < 4.78 is 32.5. The first-order chi connectivity index (χ1) is 13.5. The molecule has 2 aliphatic rings. The van der Waals surface area contributed by atoms with Gasteiger partial charge in [-0.3, -0.25) is 0 Å². The minimum Gasteiger partial charge on any atom is -0.378 e. The summed E-state index contributed by atoms with van der Waals surface area (Å²) in [7, 11) is -3.41. The normalized spacial score (nSPS) is 19.5. The molecule has 0 spiro atoms. The molecule has 28 heavy (non-hydrogen) atoms. The Bertz CT molecular complexity index is 737. The fraction of sp³-hybridized carbons (Fsp3) is 0.650. The number of rotatable bonds is 6. The van der Waals surface area contributed by atoms with Gasteiger partial charge in [0.2, 0.25) is 10.0 Å². The Morgan fingerprint density at radius 3 is 2.32 bits per heavy atom. The van der Waals surface area contributed by atoms with E-state index in [-0.39, 0.29) is 12.1 Å². The standard InChI is InChI=1S/C20H31N3O4S/c1-2-27-18-10-14-22(15-11-18)20(24)21-16-17-6-8-19(9-7-17)28(25,26)23-12-4-3-5-13-23/h6-9,18H,2-5,10-16H2,1H3,(H,21,24). The number of nitrogens with one attached hydrogen (secondary N) is 1. The fourth-order valence-corrected chi connectivity index (χ4v) is 5.30. The Hall–Kier alpha value is -1.64. The van der Waals surface area contributed by atoms with Gasteiger partial charge < -0.3 is 15.0 Å². The predicted octanol–water partition coefficient (Wildman–Crippen LogP) is 2.57. The van der Waals surface area contributed by atoms with Gasteiger partial charge in [0.25, 0.3) is 0 Å². The molecule has 0 aliphatic carbocycles. The molecule has 0 unspecified atom stereocenters. The molecule has 0 aromatic heterocycles. The molecule has 0 radical (unpaired) electrons. The quantitative estimate of drug-likeness (QED) is 0.783. The molecule has 7 nitrogen and oxygen atoms in total. The molecule has 1 N–H and O–H groups in total. The number of piperidine rings is 2. The predicted molar refractivity (Wildman–Crippen MR) is 108 cm³/mol. The maximum atomic E-state index is 12.7. The molecule has 1 aromatic carbocycles. The zero-order chi connectivity index (χ0) is 20.0. The van der Waals surface area contributed by atoms with E-state index in [1.165, 1.54) is 0 Å². The highest BCUT2D eigenvalue weighted by Crippen LogP contribution is 2.21. The van der Waals surface area contributed by atoms with Crippen molar-refractivity contribution in [1.29, 1.82) is 0 Å². The lowest BCUT2D eigenvalue weighted by Crippen LogP contribution is -2.45. The van der Waals surface area contributed by atoms with Crippen molar-refractivity contribution >= 4 is 16.1 Å². The molecule has 0 saturated carbocycles. The summed E-state index contributed by atoms with van der Waals surface area (Å²) in [5, 5.41) is 2.92. The number of ether oxygens (including phenoxy) is 1. The minimum absolute atomic E-state index is 0.0834. The van der Waals surface area contributed by atoms with Gasteiger partial charge in [-0.05, 0) is 50.3 Å². The molecule has 8 heteroatoms. The van der Waals surface area contributed by atoms with Gasteiger partial charge in [0, 0.05) is 39.3 Å². The van der Waals surface area contributed by atoms with E-state index in [0.29, 0.717) is 44.2 Å². The van der Waals surface area contributed by atoms with Crippen LogP contribution in [-0.2, 0) is 21.3 Å². The van der Waals surface area contributed by atoms with Crippen LogP contribution in [0.25, 0.3) is 0 Å². The third kappa shape index (κ3) is 5.24. The van der Waals surface area contributed by atoms with E-state index in [4.69, 9.17) is 4.74 Å². The third-order valence-electron chi connectivity index (χ3n) is 5.45. The maximum Gasteiger partial charge on any atom is 0.317 e. The van der Waals surface area contributed by atoms with Gasteiger partial charge in [0.15, 0.2) is 0 Å². The van der Waals surface area contributed by atoms with Crippen LogP contribution in [0.1, 0.15) is 44.6 Å². The van der Waals surface area contributed by atoms with E-state index in [1.54, 1.807) is 28.6 Å². The van der Waals surface area contributed by atoms with Crippen molar-refractivity contribution < 1.29 is 17.9 Å². The minimum atomic E-state index is -3.41. The smallest absolute Gasteiger partial charge is 0.317 e. The van der Waals surface area contributed by atoms with Gasteiger partial charge in [-0.15, -0.1) is 0 Å². The molecule has 156 valence electrons. The lowest BCUT2D eigenvalue weighted by atomic mass is 10.1. The van der Waals surface area contributed by atoms with E-state index < -0.39 is 10.0 Å². The van der Waals surface area contributed by atoms with E-state index in [9.17, 15) is 13.2 Å². The van der Waals surface area contributed by atoms with E-state index in [0.717, 1.165) is 37.7 Å². The van der Waals surface area contributed by atoms with Crippen LogP contribution in [0.15, 0.2) is 29.2 Å². The molecule has 2 aliphatic heterocycles. The van der Waals surface area contributed by atoms with Crippen molar-refractivity contribution in [2.24, 2.45) is 0 Å². The summed E-state index contributed by atoms with van der Waals surface area (Å²) in [6, 6.07) is 6.74. The molecule has 2 saturated heterocycles. The van der Waals surface area contributed by atoms with E-state index >= 15 is 0 Å². The van der Waals surface area contributed by atoms with Crippen LogP contribution in [0.3, 0.4) is 0 Å². The number of carbonyl (C=O) groups excluding carboxylic acids is 1. The summed E-state index contributed by atoms with van der Waals surface area (Å²) in [6.45, 7) is 5.67. The fourth-order valence-electron chi connectivity index (χ4n) is 3.78. The molecule has 1 aromatic rings. The van der Waals surface area contributed by atoms with Crippen molar-refractivity contribution in [1.82, 2.24) is 14.5 Å². The van der Waals surface area contributed by atoms with Crippen LogP contribution in [0.5, 0.6) is 0 Å². The van der Waals surface area contributed by atoms with Gasteiger partial charge >= 0.3 is 6.03 Å². The number of carbonyl (C=O) groups is 1. The van der Waals surface area contributed by atoms with Crippen molar-refractivity contribution in [3.8, 4) is 0 Å². The monoisotopic (exact) mass is 409 g/mol. The Kier molecular flexibility index (Phi) is 7.31. The summed E-state index contributed by atoms with van der Waals surface area (Å²) in [6.07, 6.45) is 4.92. The second-order valence-corrected chi connectivity index (χ2v) is 9.35. The first-order valence-corrected chi connectivity index (χ1v) is 11.7. The van der Waals surface area contributed by atoms with Crippen LogP contribution in [0.4, 0.5) is 4.79 Å². The van der Waals surface area contributed by atoms with Crippen LogP contribution in [0, 0.1) is 0 Å². The highest BCUT2D eigenvalue weighted by Gasteiger charge is 2.26. The first kappa shape index (κ1) is 21.1. The van der Waals surface area contributed by atoms with E-state index in [2.05, 4.69) is 5.32 Å². The number of amides is 2. The largest absolute Gasteiger partial charge is 0.378 e. The van der Waals surface area contributed by atoms with Crippen LogP contribution >= 0.6 is 0 Å². The summed E-state index contributed by atoms with van der Waals surface area (Å²) in [4.78, 5) is 14.5. The lowest BCUT2D eigenvalue weighted by molar-refractivity contribution is 0.0220. The molecule has 2 amide bonds. The average molecular weight is 410 g/mol. The van der Waals surface area contributed by atoms with Crippen molar-refractivity contribution in [3.63, 3.8) is 0 Å². The van der Waals surface area contributed by atoms with Crippen molar-refractivity contribution in [3.05, 3.63) is 29.8 Å². The SMILES string of the molecule is CCOC1CCN(C(=O)NCc2ccc(S(=O)(=O)N3CCCCC3)cc2)CC1. The Balaban J connectivity index is 1.50. The lowest BCUT2D eigenvalue weighted by Gasteiger charge is -2.31. The van der Waals surface area contributed by atoms with Crippen LogP contribution in [0.2, 0.25) is 0 Å². The number of benzene rings is 1. The summed E-state index contributed by atoms with van der Waals surface area (Å²) >= 11 is 0. The van der Waals surface area contributed by atoms with Gasteiger partial charge in [0.1, 0.15) is 0 Å². The Morgan fingerprint density at radius 2 is 1.71 bits per heavy atom. The number of sulfonamides is 1. The highest BCUT2D eigenvalue weighted by molar-refractivity contribution is 7.89. The molecule has 2 fully saturated rings. The number of hydrogen-bond acceptors (Lipinski definition) is 4. The topological polar surface area (TPSA) is 79.0 Å². The van der Waals surface area contributed by atoms with Gasteiger partial charge in [-0.2, -0.15) is 4.31 Å².